The summed E-state index contributed by atoms with van der Waals surface area (Å²) in [6.45, 7) is 3.32. The van der Waals surface area contributed by atoms with Crippen LogP contribution in [0.2, 0.25) is 0 Å². The second kappa shape index (κ2) is 7.47. The van der Waals surface area contributed by atoms with Gasteiger partial charge in [-0.05, 0) is 67.8 Å². The van der Waals surface area contributed by atoms with Gasteiger partial charge in [-0.25, -0.2) is 4.79 Å². The van der Waals surface area contributed by atoms with E-state index in [1.54, 1.807) is 0 Å². The number of fused-ring (bicyclic) bond motifs is 1. The highest BCUT2D eigenvalue weighted by Gasteiger charge is 2.51. The number of nitrogens with one attached hydrogen (secondary N) is 1. The molecule has 2 bridgehead atoms. The van der Waals surface area contributed by atoms with Crippen LogP contribution in [0.5, 0.6) is 5.75 Å². The van der Waals surface area contributed by atoms with E-state index < -0.39 is 6.16 Å². The first kappa shape index (κ1) is 17.7. The summed E-state index contributed by atoms with van der Waals surface area (Å²) in [4.78, 5) is 11.4. The fourth-order valence-corrected chi connectivity index (χ4v) is 5.37. The van der Waals surface area contributed by atoms with Crippen molar-refractivity contribution in [3.63, 3.8) is 0 Å². The van der Waals surface area contributed by atoms with Crippen LogP contribution < -0.4 is 10.1 Å². The fourth-order valence-electron chi connectivity index (χ4n) is 5.37. The summed E-state index contributed by atoms with van der Waals surface area (Å²) < 4.78 is 15.6. The molecular formula is C21H29NO4. The van der Waals surface area contributed by atoms with Gasteiger partial charge in [0.25, 0.3) is 0 Å². The minimum atomic E-state index is -0.669. The molecule has 0 amide bonds. The highest BCUT2D eigenvalue weighted by atomic mass is 16.8. The minimum absolute atomic E-state index is 0.109. The maximum atomic E-state index is 11.4. The summed E-state index contributed by atoms with van der Waals surface area (Å²) in [7, 11) is 0. The van der Waals surface area contributed by atoms with E-state index in [1.807, 2.05) is 13.0 Å². The molecule has 0 aromatic heterocycles. The van der Waals surface area contributed by atoms with Crippen molar-refractivity contribution in [2.24, 2.45) is 5.92 Å². The van der Waals surface area contributed by atoms with Crippen LogP contribution in [0.3, 0.4) is 0 Å². The van der Waals surface area contributed by atoms with Crippen LogP contribution >= 0.6 is 0 Å². The monoisotopic (exact) mass is 359 g/mol. The van der Waals surface area contributed by atoms with Crippen LogP contribution in [-0.4, -0.2) is 32.1 Å². The Balaban J connectivity index is 1.49. The van der Waals surface area contributed by atoms with Crippen molar-refractivity contribution in [1.29, 1.82) is 0 Å². The first-order chi connectivity index (χ1) is 12.7. The largest absolute Gasteiger partial charge is 0.511 e. The lowest BCUT2D eigenvalue weighted by Crippen LogP contribution is -2.59. The number of carbonyl (C=O) groups is 1. The smallest absolute Gasteiger partial charge is 0.457 e. The molecule has 142 valence electrons. The minimum Gasteiger partial charge on any atom is -0.457 e. The molecule has 1 heterocycles. The lowest BCUT2D eigenvalue weighted by molar-refractivity contribution is 0.00449. The van der Waals surface area contributed by atoms with Gasteiger partial charge in [-0.2, -0.15) is 0 Å². The average Bonchev–Trinajstić information content (AvgIpc) is 2.67. The van der Waals surface area contributed by atoms with Crippen LogP contribution in [0.4, 0.5) is 4.79 Å². The van der Waals surface area contributed by atoms with Crippen molar-refractivity contribution < 1.29 is 19.0 Å². The van der Waals surface area contributed by atoms with Gasteiger partial charge in [0.05, 0.1) is 6.61 Å². The van der Waals surface area contributed by atoms with Crippen LogP contribution in [0.1, 0.15) is 56.6 Å². The lowest BCUT2D eigenvalue weighted by Gasteiger charge is -2.56. The SMILES string of the molecule is CCCOC(=O)OCOc1ccc2c(c1)[C@@]13CCCC[C@H]1[C@@H](C2)NCC3. The molecule has 26 heavy (non-hydrogen) atoms. The molecule has 1 aliphatic heterocycles. The zero-order valence-corrected chi connectivity index (χ0v) is 15.6. The third-order valence-corrected chi connectivity index (χ3v) is 6.45. The molecule has 1 aromatic carbocycles. The van der Waals surface area contributed by atoms with E-state index in [1.165, 1.54) is 43.2 Å². The lowest BCUT2D eigenvalue weighted by atomic mass is 9.53. The molecule has 2 aliphatic carbocycles. The van der Waals surface area contributed by atoms with E-state index in [0.29, 0.717) is 18.1 Å². The molecule has 0 unspecified atom stereocenters. The van der Waals surface area contributed by atoms with Crippen molar-refractivity contribution in [2.75, 3.05) is 19.9 Å². The number of carbonyl (C=O) groups excluding carboxylic acids is 1. The van der Waals surface area contributed by atoms with Gasteiger partial charge in [0.15, 0.2) is 0 Å². The van der Waals surface area contributed by atoms with E-state index in [4.69, 9.17) is 14.2 Å². The van der Waals surface area contributed by atoms with Gasteiger partial charge < -0.3 is 19.5 Å². The van der Waals surface area contributed by atoms with Gasteiger partial charge in [0, 0.05) is 11.5 Å². The van der Waals surface area contributed by atoms with Gasteiger partial charge in [-0.1, -0.05) is 25.8 Å². The van der Waals surface area contributed by atoms with Crippen LogP contribution in [0.25, 0.3) is 0 Å². The standard InChI is InChI=1S/C21H29NO4/c1-2-11-24-20(23)26-14-25-16-7-6-15-12-19-17-5-3-4-8-21(17,9-10-22-19)18(15)13-16/h6-7,13,17,19,22H,2-5,8-12,14H2,1H3/t17-,19+,21+/m0/s1. The Morgan fingerprint density at radius 3 is 3.08 bits per heavy atom. The number of ether oxygens (including phenoxy) is 3. The predicted molar refractivity (Wildman–Crippen MR) is 98.4 cm³/mol. The first-order valence-electron chi connectivity index (χ1n) is 10.0. The topological polar surface area (TPSA) is 56.8 Å². The maximum Gasteiger partial charge on any atom is 0.511 e. The highest BCUT2D eigenvalue weighted by Crippen LogP contribution is 2.54. The summed E-state index contributed by atoms with van der Waals surface area (Å²) in [6, 6.07) is 7.03. The second-order valence-corrected chi connectivity index (χ2v) is 7.85. The summed E-state index contributed by atoms with van der Waals surface area (Å²) in [5, 5.41) is 3.76. The third kappa shape index (κ3) is 3.18. The highest BCUT2D eigenvalue weighted by molar-refractivity contribution is 5.59. The average molecular weight is 359 g/mol. The molecule has 0 radical (unpaired) electrons. The molecule has 4 rings (SSSR count). The Labute approximate surface area is 155 Å². The molecule has 2 fully saturated rings. The van der Waals surface area contributed by atoms with Gasteiger partial charge >= 0.3 is 6.16 Å². The Morgan fingerprint density at radius 1 is 1.27 bits per heavy atom. The van der Waals surface area contributed by atoms with Crippen LogP contribution in [-0.2, 0) is 21.3 Å². The molecule has 3 aliphatic rings. The van der Waals surface area contributed by atoms with Crippen molar-refractivity contribution in [3.05, 3.63) is 29.3 Å². The fraction of sp³-hybridized carbons (Fsp3) is 0.667. The van der Waals surface area contributed by atoms with Crippen molar-refractivity contribution in [2.45, 2.75) is 63.3 Å². The zero-order chi connectivity index (χ0) is 18.0. The van der Waals surface area contributed by atoms with E-state index in [0.717, 1.165) is 31.1 Å². The Hall–Kier alpha value is -1.75. The second-order valence-electron chi connectivity index (χ2n) is 7.85. The Morgan fingerprint density at radius 2 is 2.19 bits per heavy atom. The molecule has 3 atom stereocenters. The molecular weight excluding hydrogens is 330 g/mol. The van der Waals surface area contributed by atoms with E-state index >= 15 is 0 Å². The molecule has 1 N–H and O–H groups in total. The van der Waals surface area contributed by atoms with E-state index in [9.17, 15) is 4.79 Å². The molecule has 1 saturated heterocycles. The quantitative estimate of drug-likeness (QED) is 0.638. The Kier molecular flexibility index (Phi) is 5.07. The third-order valence-electron chi connectivity index (χ3n) is 6.45. The van der Waals surface area contributed by atoms with Gasteiger partial charge in [0.2, 0.25) is 6.79 Å². The van der Waals surface area contributed by atoms with Crippen molar-refractivity contribution in [1.82, 2.24) is 5.32 Å². The van der Waals surface area contributed by atoms with Gasteiger partial charge in [0.1, 0.15) is 5.75 Å². The van der Waals surface area contributed by atoms with E-state index in [-0.39, 0.29) is 6.79 Å². The van der Waals surface area contributed by atoms with E-state index in [2.05, 4.69) is 17.4 Å². The van der Waals surface area contributed by atoms with Crippen molar-refractivity contribution in [3.8, 4) is 5.75 Å². The predicted octanol–water partition coefficient (Wildman–Crippen LogP) is 3.93. The molecule has 5 nitrogen and oxygen atoms in total. The molecule has 5 heteroatoms. The molecule has 1 saturated carbocycles. The summed E-state index contributed by atoms with van der Waals surface area (Å²) in [5.74, 6) is 1.52. The number of piperidine rings is 1. The number of benzene rings is 1. The van der Waals surface area contributed by atoms with Crippen LogP contribution in [0, 0.1) is 5.92 Å². The number of hydrogen-bond donors (Lipinski definition) is 1. The van der Waals surface area contributed by atoms with Gasteiger partial charge in [-0.15, -0.1) is 0 Å². The number of rotatable bonds is 5. The normalized spacial score (nSPS) is 29.3. The van der Waals surface area contributed by atoms with Gasteiger partial charge in [-0.3, -0.25) is 0 Å². The van der Waals surface area contributed by atoms with Crippen molar-refractivity contribution >= 4 is 6.16 Å². The summed E-state index contributed by atoms with van der Waals surface area (Å²) >= 11 is 0. The summed E-state index contributed by atoms with van der Waals surface area (Å²) in [5.41, 5.74) is 3.24. The van der Waals surface area contributed by atoms with Crippen LogP contribution in [0.15, 0.2) is 18.2 Å². The first-order valence-corrected chi connectivity index (χ1v) is 10.0. The Bertz CT molecular complexity index is 657. The number of hydrogen-bond acceptors (Lipinski definition) is 5. The molecule has 0 spiro atoms. The maximum absolute atomic E-state index is 11.4. The summed E-state index contributed by atoms with van der Waals surface area (Å²) in [6.07, 6.45) is 7.72. The molecule has 1 aromatic rings. The zero-order valence-electron chi connectivity index (χ0n) is 15.6.